The summed E-state index contributed by atoms with van der Waals surface area (Å²) in [5, 5.41) is 20.7. The van der Waals surface area contributed by atoms with E-state index in [0.29, 0.717) is 10.1 Å². The van der Waals surface area contributed by atoms with Crippen molar-refractivity contribution >= 4 is 44.3 Å². The summed E-state index contributed by atoms with van der Waals surface area (Å²) >= 11 is 2.88. The molecule has 0 amide bonds. The fourth-order valence-corrected chi connectivity index (χ4v) is 4.76. The molecule has 7 heteroatoms. The maximum absolute atomic E-state index is 11.3. The van der Waals surface area contributed by atoms with Gasteiger partial charge in [-0.3, -0.25) is 4.99 Å². The van der Waals surface area contributed by atoms with Crippen LogP contribution in [0.1, 0.15) is 30.0 Å². The van der Waals surface area contributed by atoms with E-state index in [-0.39, 0.29) is 5.75 Å². The average molecular weight is 336 g/mol. The number of thioether (sulfide) groups is 1. The van der Waals surface area contributed by atoms with Crippen molar-refractivity contribution in [2.45, 2.75) is 38.5 Å². The van der Waals surface area contributed by atoms with Crippen LogP contribution in [0.5, 0.6) is 5.75 Å². The molecule has 1 atom stereocenters. The molecule has 0 bridgehead atoms. The van der Waals surface area contributed by atoms with E-state index in [1.165, 1.54) is 23.1 Å². The van der Waals surface area contributed by atoms with Gasteiger partial charge in [-0.15, -0.1) is 11.3 Å². The largest absolute Gasteiger partial charge is 0.507 e. The number of hydrogen-bond donors (Lipinski definition) is 2. The number of nitrogens with zero attached hydrogens (tertiary/aromatic N) is 2. The lowest BCUT2D eigenvalue weighted by atomic mass is 10.0. The van der Waals surface area contributed by atoms with Gasteiger partial charge < -0.3 is 10.2 Å². The molecule has 0 radical (unpaired) electrons. The Kier molecular flexibility index (Phi) is 3.45. The number of carbonyl (C=O) groups is 1. The number of aromatic hydroxyl groups is 1. The fourth-order valence-electron chi connectivity index (χ4n) is 2.52. The molecule has 0 saturated carbocycles. The maximum Gasteiger partial charge on any atom is 0.329 e. The van der Waals surface area contributed by atoms with Gasteiger partial charge in [-0.05, 0) is 39.3 Å². The Hall–Kier alpha value is -1.60. The topological polar surface area (TPSA) is 82.8 Å². The molecule has 116 valence electrons. The van der Waals surface area contributed by atoms with E-state index in [2.05, 4.69) is 9.98 Å². The Morgan fingerprint density at radius 2 is 2.05 bits per heavy atom. The third-order valence-electron chi connectivity index (χ3n) is 3.76. The molecular weight excluding hydrogens is 320 g/mol. The van der Waals surface area contributed by atoms with E-state index in [1.54, 1.807) is 0 Å². The first-order valence-electron chi connectivity index (χ1n) is 6.80. The quantitative estimate of drug-likeness (QED) is 0.879. The van der Waals surface area contributed by atoms with E-state index in [9.17, 15) is 15.0 Å². The molecule has 0 fully saturated rings. The number of hydrogen-bond acceptors (Lipinski definition) is 6. The highest BCUT2D eigenvalue weighted by Crippen LogP contribution is 2.42. The number of rotatable bonds is 2. The third kappa shape index (κ3) is 2.28. The maximum atomic E-state index is 11.3. The molecular formula is C15H16N2O3S2. The highest BCUT2D eigenvalue weighted by atomic mass is 32.2. The number of fused-ring (bicyclic) bond motifs is 1. The van der Waals surface area contributed by atoms with Crippen LogP contribution in [-0.4, -0.2) is 37.0 Å². The minimum atomic E-state index is -0.918. The molecule has 0 saturated heterocycles. The van der Waals surface area contributed by atoms with E-state index in [1.807, 2.05) is 33.8 Å². The van der Waals surface area contributed by atoms with E-state index < -0.39 is 16.8 Å². The molecule has 1 aromatic heterocycles. The van der Waals surface area contributed by atoms with Crippen molar-refractivity contribution < 1.29 is 15.0 Å². The summed E-state index contributed by atoms with van der Waals surface area (Å²) < 4.78 is 0.421. The zero-order chi connectivity index (χ0) is 16.2. The van der Waals surface area contributed by atoms with Gasteiger partial charge in [0.1, 0.15) is 15.8 Å². The summed E-state index contributed by atoms with van der Waals surface area (Å²) in [5.74, 6) is -0.634. The number of aliphatic imine (C=N–C) groups is 1. The van der Waals surface area contributed by atoms with Crippen LogP contribution < -0.4 is 0 Å². The van der Waals surface area contributed by atoms with Crippen molar-refractivity contribution in [3.63, 3.8) is 0 Å². The van der Waals surface area contributed by atoms with Crippen LogP contribution in [-0.2, 0) is 4.79 Å². The van der Waals surface area contributed by atoms with Crippen molar-refractivity contribution in [3.05, 3.63) is 22.2 Å². The van der Waals surface area contributed by atoms with Crippen molar-refractivity contribution in [1.29, 1.82) is 0 Å². The summed E-state index contributed by atoms with van der Waals surface area (Å²) in [6.45, 7) is 7.45. The van der Waals surface area contributed by atoms with E-state index >= 15 is 0 Å². The lowest BCUT2D eigenvalue weighted by molar-refractivity contribution is -0.138. The first-order valence-corrected chi connectivity index (χ1v) is 8.43. The van der Waals surface area contributed by atoms with Crippen molar-refractivity contribution in [1.82, 2.24) is 4.98 Å². The van der Waals surface area contributed by atoms with Gasteiger partial charge >= 0.3 is 5.97 Å². The van der Waals surface area contributed by atoms with Gasteiger partial charge in [0.05, 0.1) is 10.2 Å². The fraction of sp³-hybridized carbons (Fsp3) is 0.400. The number of thiazole rings is 1. The van der Waals surface area contributed by atoms with Gasteiger partial charge in [0.15, 0.2) is 6.04 Å². The molecule has 1 aromatic carbocycles. The molecule has 1 aliphatic heterocycles. The van der Waals surface area contributed by atoms with Crippen LogP contribution in [0.25, 0.3) is 10.2 Å². The predicted molar refractivity (Wildman–Crippen MR) is 90.4 cm³/mol. The number of aliphatic carboxylic acids is 1. The standard InChI is InChI=1S/C15H16N2O3S2/c1-6-5-8-10(7(2)9(6)18)21-12(16-8)13-17-11(14(19)20)15(3,4)22-13/h5,11,18H,1-4H3,(H,19,20). The molecule has 2 aromatic rings. The zero-order valence-electron chi connectivity index (χ0n) is 12.7. The van der Waals surface area contributed by atoms with Crippen LogP contribution in [0.4, 0.5) is 0 Å². The van der Waals surface area contributed by atoms with Crippen molar-refractivity contribution in [3.8, 4) is 5.75 Å². The Labute approximate surface area is 136 Å². The lowest BCUT2D eigenvalue weighted by Crippen LogP contribution is -2.34. The Morgan fingerprint density at radius 1 is 1.36 bits per heavy atom. The lowest BCUT2D eigenvalue weighted by Gasteiger charge is -2.19. The minimum absolute atomic E-state index is 0.285. The molecule has 0 spiro atoms. The van der Waals surface area contributed by atoms with Crippen LogP contribution >= 0.6 is 23.1 Å². The molecule has 3 rings (SSSR count). The van der Waals surface area contributed by atoms with Crippen LogP contribution in [0, 0.1) is 13.8 Å². The highest BCUT2D eigenvalue weighted by molar-refractivity contribution is 8.16. The molecule has 1 unspecified atom stereocenters. The minimum Gasteiger partial charge on any atom is -0.507 e. The van der Waals surface area contributed by atoms with Crippen LogP contribution in [0.3, 0.4) is 0 Å². The Balaban J connectivity index is 2.11. The molecule has 2 heterocycles. The Bertz CT molecular complexity index is 824. The summed E-state index contributed by atoms with van der Waals surface area (Å²) in [6.07, 6.45) is 0. The van der Waals surface area contributed by atoms with Gasteiger partial charge in [0, 0.05) is 10.3 Å². The predicted octanol–water partition coefficient (Wildman–Crippen LogP) is 3.34. The number of aromatic nitrogens is 1. The van der Waals surface area contributed by atoms with Crippen LogP contribution in [0.2, 0.25) is 0 Å². The average Bonchev–Trinajstić information content (AvgIpc) is 2.96. The molecule has 1 aliphatic rings. The Morgan fingerprint density at radius 3 is 2.64 bits per heavy atom. The molecule has 0 aliphatic carbocycles. The first kappa shape index (κ1) is 15.3. The number of benzene rings is 1. The summed E-state index contributed by atoms with van der Waals surface area (Å²) in [7, 11) is 0. The summed E-state index contributed by atoms with van der Waals surface area (Å²) in [5.41, 5.74) is 2.40. The number of phenols is 1. The second kappa shape index (κ2) is 4.96. The number of phenolic OH excluding ortho intramolecular Hbond substituents is 1. The number of aryl methyl sites for hydroxylation is 2. The van der Waals surface area contributed by atoms with Gasteiger partial charge in [0.25, 0.3) is 0 Å². The van der Waals surface area contributed by atoms with E-state index in [4.69, 9.17) is 0 Å². The van der Waals surface area contributed by atoms with Crippen molar-refractivity contribution in [2.75, 3.05) is 0 Å². The van der Waals surface area contributed by atoms with Crippen molar-refractivity contribution in [2.24, 2.45) is 4.99 Å². The third-order valence-corrected chi connectivity index (χ3v) is 6.33. The van der Waals surface area contributed by atoms with Crippen LogP contribution in [0.15, 0.2) is 11.1 Å². The monoisotopic (exact) mass is 336 g/mol. The SMILES string of the molecule is Cc1cc2nc(C3=NC(C(=O)O)C(C)(C)S3)sc2c(C)c1O. The van der Waals surface area contributed by atoms with Gasteiger partial charge in [-0.1, -0.05) is 11.8 Å². The zero-order valence-corrected chi connectivity index (χ0v) is 14.3. The van der Waals surface area contributed by atoms with Gasteiger partial charge in [-0.2, -0.15) is 0 Å². The second-order valence-corrected chi connectivity index (χ2v) is 8.56. The molecule has 5 nitrogen and oxygen atoms in total. The summed E-state index contributed by atoms with van der Waals surface area (Å²) in [6, 6.07) is 1.08. The highest BCUT2D eigenvalue weighted by Gasteiger charge is 2.43. The van der Waals surface area contributed by atoms with Gasteiger partial charge in [-0.25, -0.2) is 9.78 Å². The van der Waals surface area contributed by atoms with E-state index in [0.717, 1.165) is 21.3 Å². The normalized spacial score (nSPS) is 20.4. The number of carboxylic acids is 1. The molecule has 22 heavy (non-hydrogen) atoms. The smallest absolute Gasteiger partial charge is 0.329 e. The summed E-state index contributed by atoms with van der Waals surface area (Å²) in [4.78, 5) is 20.3. The molecule has 2 N–H and O–H groups in total. The first-order chi connectivity index (χ1) is 10.2. The number of carboxylic acid groups (broad SMARTS) is 1. The second-order valence-electron chi connectivity index (χ2n) is 5.91. The van der Waals surface area contributed by atoms with Gasteiger partial charge in [0.2, 0.25) is 0 Å².